The quantitative estimate of drug-likeness (QED) is 0.519. The second-order valence-corrected chi connectivity index (χ2v) is 2.92. The molecule has 0 spiro atoms. The zero-order chi connectivity index (χ0) is 7.26. The number of anilines is 1. The Bertz CT molecular complexity index is 396. The normalized spacial score (nSPS) is 15.3. The summed E-state index contributed by atoms with van der Waals surface area (Å²) in [5.41, 5.74) is 5.04. The van der Waals surface area contributed by atoms with E-state index in [0.29, 0.717) is 0 Å². The van der Waals surface area contributed by atoms with Gasteiger partial charge in [0.15, 0.2) is 0 Å². The monoisotopic (exact) mass is 147 g/mol. The fraction of sp³-hybridized carbons (Fsp3) is 0.250. The molecule has 0 unspecified atom stereocenters. The lowest BCUT2D eigenvalue weighted by molar-refractivity contribution is 1.06. The van der Waals surface area contributed by atoms with Crippen molar-refractivity contribution in [2.24, 2.45) is 0 Å². The van der Waals surface area contributed by atoms with Gasteiger partial charge in [0.2, 0.25) is 0 Å². The first-order chi connectivity index (χ1) is 5.45. The molecule has 3 heterocycles. The number of aromatic amines is 2. The van der Waals surface area contributed by atoms with Crippen LogP contribution in [-0.2, 0) is 6.42 Å². The van der Waals surface area contributed by atoms with Gasteiger partial charge in [0.05, 0.1) is 16.7 Å². The predicted octanol–water partition coefficient (Wildman–Crippen LogP) is 1.46. The Balaban J connectivity index is 2.46. The Kier molecular flexibility index (Phi) is 0.776. The molecule has 3 nitrogen and oxygen atoms in total. The van der Waals surface area contributed by atoms with E-state index in [1.165, 1.54) is 22.4 Å². The van der Waals surface area contributed by atoms with Crippen LogP contribution >= 0.6 is 0 Å². The third-order valence-corrected chi connectivity index (χ3v) is 2.26. The molecule has 3 rings (SSSR count). The van der Waals surface area contributed by atoms with Crippen LogP contribution in [0.5, 0.6) is 0 Å². The van der Waals surface area contributed by atoms with Crippen LogP contribution in [0.2, 0.25) is 0 Å². The lowest BCUT2D eigenvalue weighted by Crippen LogP contribution is -1.92. The predicted molar refractivity (Wildman–Crippen MR) is 44.8 cm³/mol. The van der Waals surface area contributed by atoms with E-state index in [0.717, 1.165) is 13.0 Å². The molecule has 0 saturated heterocycles. The number of hydrogen-bond acceptors (Lipinski definition) is 1. The second-order valence-electron chi connectivity index (χ2n) is 2.92. The molecule has 2 aromatic heterocycles. The lowest BCUT2D eigenvalue weighted by atomic mass is 10.3. The maximum atomic E-state index is 3.36. The maximum absolute atomic E-state index is 3.36. The van der Waals surface area contributed by atoms with E-state index >= 15 is 0 Å². The molecule has 1 aliphatic rings. The minimum Gasteiger partial charge on any atom is -0.381 e. The van der Waals surface area contributed by atoms with E-state index < -0.39 is 0 Å². The number of hydrogen-bond donors (Lipinski definition) is 3. The minimum atomic E-state index is 1.07. The average molecular weight is 147 g/mol. The van der Waals surface area contributed by atoms with Gasteiger partial charge in [-0.2, -0.15) is 0 Å². The van der Waals surface area contributed by atoms with Crippen molar-refractivity contribution in [1.82, 2.24) is 9.97 Å². The summed E-state index contributed by atoms with van der Waals surface area (Å²) in [6.07, 6.45) is 3.08. The molecule has 3 heteroatoms. The van der Waals surface area contributed by atoms with Crippen LogP contribution in [-0.4, -0.2) is 16.5 Å². The van der Waals surface area contributed by atoms with E-state index in [4.69, 9.17) is 0 Å². The van der Waals surface area contributed by atoms with Gasteiger partial charge in [-0.25, -0.2) is 0 Å². The van der Waals surface area contributed by atoms with Gasteiger partial charge in [0.25, 0.3) is 0 Å². The molecule has 1 aliphatic heterocycles. The first-order valence-corrected chi connectivity index (χ1v) is 3.87. The number of aromatic nitrogens is 2. The maximum Gasteiger partial charge on any atom is 0.0873 e. The van der Waals surface area contributed by atoms with Crippen molar-refractivity contribution in [2.75, 3.05) is 11.9 Å². The Morgan fingerprint density at radius 3 is 3.36 bits per heavy atom. The van der Waals surface area contributed by atoms with Crippen LogP contribution in [0.15, 0.2) is 12.3 Å². The van der Waals surface area contributed by atoms with E-state index in [-0.39, 0.29) is 0 Å². The fourth-order valence-electron chi connectivity index (χ4n) is 1.75. The van der Waals surface area contributed by atoms with Gasteiger partial charge in [0, 0.05) is 24.9 Å². The smallest absolute Gasteiger partial charge is 0.0873 e. The van der Waals surface area contributed by atoms with Crippen molar-refractivity contribution >= 4 is 16.7 Å². The van der Waals surface area contributed by atoms with E-state index in [2.05, 4.69) is 21.4 Å². The zero-order valence-electron chi connectivity index (χ0n) is 6.07. The molecule has 3 N–H and O–H groups in total. The van der Waals surface area contributed by atoms with Crippen molar-refractivity contribution < 1.29 is 0 Å². The van der Waals surface area contributed by atoms with Gasteiger partial charge in [-0.1, -0.05) is 0 Å². The second kappa shape index (κ2) is 1.61. The fourth-order valence-corrected chi connectivity index (χ4v) is 1.75. The molecule has 0 aliphatic carbocycles. The van der Waals surface area contributed by atoms with Crippen molar-refractivity contribution in [3.05, 3.63) is 18.0 Å². The number of nitrogens with one attached hydrogen (secondary N) is 3. The molecule has 0 saturated carbocycles. The molecule has 56 valence electrons. The summed E-state index contributed by atoms with van der Waals surface area (Å²) in [5, 5.41) is 3.35. The summed E-state index contributed by atoms with van der Waals surface area (Å²) >= 11 is 0. The van der Waals surface area contributed by atoms with Crippen LogP contribution < -0.4 is 5.32 Å². The number of rotatable bonds is 0. The van der Waals surface area contributed by atoms with Crippen molar-refractivity contribution in [1.29, 1.82) is 0 Å². The standard InChI is InChI=1S/C8H9N3/c1-3-9-7-5(1)11-6-2-4-10-8(6)7/h1,3,9-11H,2,4H2. The van der Waals surface area contributed by atoms with E-state index in [1.54, 1.807) is 0 Å². The van der Waals surface area contributed by atoms with Gasteiger partial charge < -0.3 is 15.3 Å². The molecule has 2 aromatic rings. The summed E-state index contributed by atoms with van der Waals surface area (Å²) in [6, 6.07) is 2.06. The van der Waals surface area contributed by atoms with Crippen molar-refractivity contribution in [2.45, 2.75) is 6.42 Å². The molecule has 11 heavy (non-hydrogen) atoms. The minimum absolute atomic E-state index is 1.07. The number of H-pyrrole nitrogens is 2. The van der Waals surface area contributed by atoms with Gasteiger partial charge in [0.1, 0.15) is 0 Å². The van der Waals surface area contributed by atoms with Crippen LogP contribution in [0.3, 0.4) is 0 Å². The largest absolute Gasteiger partial charge is 0.381 e. The van der Waals surface area contributed by atoms with Gasteiger partial charge >= 0.3 is 0 Å². The van der Waals surface area contributed by atoms with Gasteiger partial charge in [-0.15, -0.1) is 0 Å². The van der Waals surface area contributed by atoms with E-state index in [9.17, 15) is 0 Å². The molecule has 0 atom stereocenters. The van der Waals surface area contributed by atoms with Gasteiger partial charge in [-0.3, -0.25) is 0 Å². The van der Waals surface area contributed by atoms with Crippen molar-refractivity contribution in [3.8, 4) is 0 Å². The van der Waals surface area contributed by atoms with Crippen LogP contribution in [0.4, 0.5) is 5.69 Å². The number of fused-ring (bicyclic) bond motifs is 3. The molecular formula is C8H9N3. The lowest BCUT2D eigenvalue weighted by Gasteiger charge is -1.90. The molecular weight excluding hydrogens is 138 g/mol. The molecule has 0 radical (unpaired) electrons. The molecule has 0 aromatic carbocycles. The highest BCUT2D eigenvalue weighted by molar-refractivity contribution is 5.92. The summed E-state index contributed by atoms with van der Waals surface area (Å²) in [5.74, 6) is 0. The molecule has 0 bridgehead atoms. The van der Waals surface area contributed by atoms with Crippen LogP contribution in [0.25, 0.3) is 11.0 Å². The highest BCUT2D eigenvalue weighted by atomic mass is 15.0. The molecule has 0 amide bonds. The summed E-state index contributed by atoms with van der Waals surface area (Å²) in [7, 11) is 0. The average Bonchev–Trinajstić information content (AvgIpc) is 2.52. The highest BCUT2D eigenvalue weighted by Crippen LogP contribution is 2.29. The summed E-state index contributed by atoms with van der Waals surface area (Å²) < 4.78 is 0. The Hall–Kier alpha value is -1.38. The van der Waals surface area contributed by atoms with E-state index in [1.807, 2.05) is 6.20 Å². The highest BCUT2D eigenvalue weighted by Gasteiger charge is 2.16. The first-order valence-electron chi connectivity index (χ1n) is 3.87. The van der Waals surface area contributed by atoms with Crippen LogP contribution in [0, 0.1) is 0 Å². The Morgan fingerprint density at radius 2 is 2.36 bits per heavy atom. The Morgan fingerprint density at radius 1 is 1.36 bits per heavy atom. The third kappa shape index (κ3) is 0.533. The zero-order valence-corrected chi connectivity index (χ0v) is 6.07. The topological polar surface area (TPSA) is 43.6 Å². The SMILES string of the molecule is c1cc2[nH]c3c(c2[nH]1)NCC3. The summed E-state index contributed by atoms with van der Waals surface area (Å²) in [4.78, 5) is 6.57. The van der Waals surface area contributed by atoms with Crippen molar-refractivity contribution in [3.63, 3.8) is 0 Å². The Labute approximate surface area is 63.8 Å². The molecule has 0 fully saturated rings. The first kappa shape index (κ1) is 5.29. The van der Waals surface area contributed by atoms with Crippen LogP contribution in [0.1, 0.15) is 5.69 Å². The van der Waals surface area contributed by atoms with Gasteiger partial charge in [-0.05, 0) is 6.07 Å². The summed E-state index contributed by atoms with van der Waals surface area (Å²) in [6.45, 7) is 1.07. The third-order valence-electron chi connectivity index (χ3n) is 2.26.